The summed E-state index contributed by atoms with van der Waals surface area (Å²) in [5, 5.41) is 17.7. The van der Waals surface area contributed by atoms with Crippen LogP contribution < -0.4 is 0 Å². The normalized spacial score (nSPS) is 16.8. The van der Waals surface area contributed by atoms with Gasteiger partial charge in [0.05, 0.1) is 12.2 Å². The molecule has 0 bridgehead atoms. The van der Waals surface area contributed by atoms with Gasteiger partial charge in [-0.2, -0.15) is 0 Å². The smallest absolute Gasteiger partial charge is 0.0852 e. The molecule has 0 unspecified atom stereocenters. The van der Waals surface area contributed by atoms with Crippen molar-refractivity contribution in [3.05, 3.63) is 12.7 Å². The Morgan fingerprint density at radius 2 is 2.22 bits per heavy atom. The molecule has 0 aromatic carbocycles. The fraction of sp³-hybridized carbons (Fsp3) is 0.714. The summed E-state index contributed by atoms with van der Waals surface area (Å²) < 4.78 is 0. The minimum absolute atomic E-state index is 0.180. The Balaban J connectivity index is 3.44. The van der Waals surface area contributed by atoms with E-state index in [1.165, 1.54) is 0 Å². The van der Waals surface area contributed by atoms with E-state index in [4.69, 9.17) is 10.2 Å². The molecule has 0 aliphatic rings. The van der Waals surface area contributed by atoms with Crippen LogP contribution in [0.2, 0.25) is 0 Å². The van der Waals surface area contributed by atoms with Crippen molar-refractivity contribution in [1.29, 1.82) is 0 Å². The van der Waals surface area contributed by atoms with Gasteiger partial charge in [-0.15, -0.1) is 6.58 Å². The molecule has 0 fully saturated rings. The first kappa shape index (κ1) is 8.66. The fourth-order valence-corrected chi connectivity index (χ4v) is 0.492. The highest BCUT2D eigenvalue weighted by Gasteiger charge is 2.16. The van der Waals surface area contributed by atoms with Crippen molar-refractivity contribution < 1.29 is 10.2 Å². The van der Waals surface area contributed by atoms with Gasteiger partial charge in [0, 0.05) is 0 Å². The zero-order chi connectivity index (χ0) is 7.33. The first-order chi connectivity index (χ1) is 4.12. The van der Waals surface area contributed by atoms with Crippen molar-refractivity contribution in [1.82, 2.24) is 0 Å². The van der Waals surface area contributed by atoms with Crippen molar-refractivity contribution in [2.45, 2.75) is 25.4 Å². The Kier molecular flexibility index (Phi) is 3.50. The standard InChI is InChI=1S/C7H14O2/c1-3-4-5-7(2,9)6-8/h3,8-9H,1,4-6H2,2H3/t7-/m0/s1. The molecule has 1 atom stereocenters. The van der Waals surface area contributed by atoms with Gasteiger partial charge < -0.3 is 10.2 Å². The highest BCUT2D eigenvalue weighted by molar-refractivity contribution is 4.76. The van der Waals surface area contributed by atoms with E-state index >= 15 is 0 Å². The van der Waals surface area contributed by atoms with Gasteiger partial charge in [-0.1, -0.05) is 6.08 Å². The number of allylic oxidation sites excluding steroid dienone is 1. The second-order valence-electron chi connectivity index (χ2n) is 2.48. The lowest BCUT2D eigenvalue weighted by atomic mass is 10.0. The van der Waals surface area contributed by atoms with Crippen LogP contribution in [0.15, 0.2) is 12.7 Å². The molecule has 9 heavy (non-hydrogen) atoms. The highest BCUT2D eigenvalue weighted by Crippen LogP contribution is 2.10. The van der Waals surface area contributed by atoms with Crippen LogP contribution in [-0.4, -0.2) is 22.4 Å². The Morgan fingerprint density at radius 1 is 1.67 bits per heavy atom. The van der Waals surface area contributed by atoms with Gasteiger partial charge >= 0.3 is 0 Å². The number of aliphatic hydroxyl groups is 2. The van der Waals surface area contributed by atoms with E-state index in [1.807, 2.05) is 0 Å². The monoisotopic (exact) mass is 130 g/mol. The van der Waals surface area contributed by atoms with Crippen LogP contribution in [0, 0.1) is 0 Å². The number of rotatable bonds is 4. The number of hydrogen-bond acceptors (Lipinski definition) is 2. The third kappa shape index (κ3) is 4.18. The average Bonchev–Trinajstić information content (AvgIpc) is 1.84. The molecule has 0 heterocycles. The SMILES string of the molecule is C=CCC[C@](C)(O)CO. The Labute approximate surface area is 55.8 Å². The second kappa shape index (κ2) is 3.64. The molecule has 0 aromatic rings. The molecule has 0 rings (SSSR count). The van der Waals surface area contributed by atoms with E-state index < -0.39 is 5.60 Å². The lowest BCUT2D eigenvalue weighted by Gasteiger charge is -2.18. The zero-order valence-corrected chi connectivity index (χ0v) is 5.80. The molecule has 2 heteroatoms. The first-order valence-electron chi connectivity index (χ1n) is 3.06. The fourth-order valence-electron chi connectivity index (χ4n) is 0.492. The number of hydrogen-bond donors (Lipinski definition) is 2. The van der Waals surface area contributed by atoms with Crippen LogP contribution in [0.25, 0.3) is 0 Å². The molecule has 0 amide bonds. The summed E-state index contributed by atoms with van der Waals surface area (Å²) in [4.78, 5) is 0. The molecular formula is C7H14O2. The van der Waals surface area contributed by atoms with Gasteiger partial charge in [0.1, 0.15) is 0 Å². The maximum absolute atomic E-state index is 9.16. The Hall–Kier alpha value is -0.340. The minimum atomic E-state index is -0.922. The van der Waals surface area contributed by atoms with Crippen molar-refractivity contribution in [2.24, 2.45) is 0 Å². The van der Waals surface area contributed by atoms with E-state index in [0.717, 1.165) is 6.42 Å². The molecular weight excluding hydrogens is 116 g/mol. The topological polar surface area (TPSA) is 40.5 Å². The van der Waals surface area contributed by atoms with Crippen molar-refractivity contribution in [2.75, 3.05) is 6.61 Å². The third-order valence-electron chi connectivity index (χ3n) is 1.23. The highest BCUT2D eigenvalue weighted by atomic mass is 16.3. The summed E-state index contributed by atoms with van der Waals surface area (Å²) in [5.41, 5.74) is -0.922. The third-order valence-corrected chi connectivity index (χ3v) is 1.23. The van der Waals surface area contributed by atoms with E-state index in [2.05, 4.69) is 6.58 Å². The predicted molar refractivity (Wildman–Crippen MR) is 37.1 cm³/mol. The van der Waals surface area contributed by atoms with E-state index in [-0.39, 0.29) is 6.61 Å². The largest absolute Gasteiger partial charge is 0.393 e. The molecule has 2 N–H and O–H groups in total. The maximum atomic E-state index is 9.16. The Morgan fingerprint density at radius 3 is 2.56 bits per heavy atom. The van der Waals surface area contributed by atoms with Crippen LogP contribution in [0.1, 0.15) is 19.8 Å². The molecule has 0 saturated carbocycles. The van der Waals surface area contributed by atoms with Gasteiger partial charge in [0.2, 0.25) is 0 Å². The maximum Gasteiger partial charge on any atom is 0.0852 e. The van der Waals surface area contributed by atoms with Crippen molar-refractivity contribution in [3.63, 3.8) is 0 Å². The molecule has 0 aliphatic carbocycles. The molecule has 0 spiro atoms. The summed E-state index contributed by atoms with van der Waals surface area (Å²) in [6.45, 7) is 4.93. The zero-order valence-electron chi connectivity index (χ0n) is 5.80. The van der Waals surface area contributed by atoms with Crippen LogP contribution in [0.5, 0.6) is 0 Å². The summed E-state index contributed by atoms with van der Waals surface area (Å²) in [5.74, 6) is 0. The average molecular weight is 130 g/mol. The summed E-state index contributed by atoms with van der Waals surface area (Å²) in [6.07, 6.45) is 3.05. The Bertz CT molecular complexity index is 86.9. The quantitative estimate of drug-likeness (QED) is 0.550. The first-order valence-corrected chi connectivity index (χ1v) is 3.06. The molecule has 2 nitrogen and oxygen atoms in total. The van der Waals surface area contributed by atoms with Gasteiger partial charge in [0.15, 0.2) is 0 Å². The van der Waals surface area contributed by atoms with Gasteiger partial charge in [-0.3, -0.25) is 0 Å². The lowest BCUT2D eigenvalue weighted by molar-refractivity contribution is -0.00420. The number of aliphatic hydroxyl groups excluding tert-OH is 1. The molecule has 0 aliphatic heterocycles. The van der Waals surface area contributed by atoms with Gasteiger partial charge in [-0.25, -0.2) is 0 Å². The lowest BCUT2D eigenvalue weighted by Crippen LogP contribution is -2.28. The van der Waals surface area contributed by atoms with Crippen molar-refractivity contribution in [3.8, 4) is 0 Å². The van der Waals surface area contributed by atoms with Gasteiger partial charge in [0.25, 0.3) is 0 Å². The van der Waals surface area contributed by atoms with E-state index in [1.54, 1.807) is 13.0 Å². The molecule has 54 valence electrons. The molecule has 0 saturated heterocycles. The van der Waals surface area contributed by atoms with Crippen LogP contribution in [0.4, 0.5) is 0 Å². The van der Waals surface area contributed by atoms with Crippen LogP contribution in [0.3, 0.4) is 0 Å². The molecule has 0 radical (unpaired) electrons. The summed E-state index contributed by atoms with van der Waals surface area (Å²) >= 11 is 0. The van der Waals surface area contributed by atoms with Crippen LogP contribution >= 0.6 is 0 Å². The minimum Gasteiger partial charge on any atom is -0.393 e. The van der Waals surface area contributed by atoms with E-state index in [0.29, 0.717) is 6.42 Å². The predicted octanol–water partition coefficient (Wildman–Crippen LogP) is 0.696. The molecule has 0 aromatic heterocycles. The van der Waals surface area contributed by atoms with Crippen molar-refractivity contribution >= 4 is 0 Å². The van der Waals surface area contributed by atoms with Gasteiger partial charge in [-0.05, 0) is 19.8 Å². The second-order valence-corrected chi connectivity index (χ2v) is 2.48. The summed E-state index contributed by atoms with van der Waals surface area (Å²) in [7, 11) is 0. The summed E-state index contributed by atoms with van der Waals surface area (Å²) in [6, 6.07) is 0. The van der Waals surface area contributed by atoms with Crippen LogP contribution in [-0.2, 0) is 0 Å². The van der Waals surface area contributed by atoms with E-state index in [9.17, 15) is 0 Å².